The number of amides is 2. The summed E-state index contributed by atoms with van der Waals surface area (Å²) in [6.45, 7) is 3.78. The Kier molecular flexibility index (Phi) is 10.8. The molecule has 0 unspecified atom stereocenters. The quantitative estimate of drug-likeness (QED) is 0.284. The fourth-order valence-electron chi connectivity index (χ4n) is 3.95. The summed E-state index contributed by atoms with van der Waals surface area (Å²) in [5.41, 5.74) is 0.983. The molecule has 38 heavy (non-hydrogen) atoms. The topological polar surface area (TPSA) is 86.8 Å². The first kappa shape index (κ1) is 29.7. The standard InChI is InChI=1S/C28H31BrClN3O4S/c1-3-18-31-28(35)26(4-2)32(19-21-10-8-9-13-25(21)30)27(34)20-33(23-16-14-22(29)15-17-23)38(36,37)24-11-6-5-7-12-24/h5-17,26H,3-4,18-20H2,1-2H3,(H,31,35)/t26-/m1/s1. The maximum atomic E-state index is 14.0. The molecule has 0 aromatic heterocycles. The molecule has 7 nitrogen and oxygen atoms in total. The van der Waals surface area contributed by atoms with E-state index < -0.39 is 28.5 Å². The van der Waals surface area contributed by atoms with Gasteiger partial charge in [0.25, 0.3) is 10.0 Å². The van der Waals surface area contributed by atoms with Gasteiger partial charge in [0.05, 0.1) is 10.6 Å². The zero-order chi connectivity index (χ0) is 27.7. The number of hydrogen-bond donors (Lipinski definition) is 1. The maximum absolute atomic E-state index is 14.0. The highest BCUT2D eigenvalue weighted by atomic mass is 79.9. The van der Waals surface area contributed by atoms with Gasteiger partial charge < -0.3 is 10.2 Å². The lowest BCUT2D eigenvalue weighted by molar-refractivity contribution is -0.140. The number of rotatable bonds is 12. The second-order valence-corrected chi connectivity index (χ2v) is 11.8. The molecule has 0 aliphatic heterocycles. The molecule has 0 aliphatic rings. The first-order valence-corrected chi connectivity index (χ1v) is 14.9. The number of hydrogen-bond acceptors (Lipinski definition) is 4. The fraction of sp³-hybridized carbons (Fsp3) is 0.286. The highest BCUT2D eigenvalue weighted by molar-refractivity contribution is 9.10. The van der Waals surface area contributed by atoms with Crippen molar-refractivity contribution in [3.8, 4) is 0 Å². The van der Waals surface area contributed by atoms with Crippen LogP contribution in [0.4, 0.5) is 5.69 Å². The Bertz CT molecular complexity index is 1340. The minimum Gasteiger partial charge on any atom is -0.354 e. The lowest BCUT2D eigenvalue weighted by Gasteiger charge is -2.33. The summed E-state index contributed by atoms with van der Waals surface area (Å²) in [6, 6.07) is 20.9. The van der Waals surface area contributed by atoms with E-state index >= 15 is 0 Å². The van der Waals surface area contributed by atoms with Gasteiger partial charge in [0.2, 0.25) is 11.8 Å². The van der Waals surface area contributed by atoms with E-state index in [4.69, 9.17) is 11.6 Å². The monoisotopic (exact) mass is 619 g/mol. The number of carbonyl (C=O) groups is 2. The molecule has 0 saturated heterocycles. The lowest BCUT2D eigenvalue weighted by Crippen LogP contribution is -2.52. The van der Waals surface area contributed by atoms with Gasteiger partial charge >= 0.3 is 0 Å². The SMILES string of the molecule is CCCNC(=O)[C@@H](CC)N(Cc1ccccc1Cl)C(=O)CN(c1ccc(Br)cc1)S(=O)(=O)c1ccccc1. The molecule has 0 spiro atoms. The van der Waals surface area contributed by atoms with E-state index in [1.807, 2.05) is 13.8 Å². The fourth-order valence-corrected chi connectivity index (χ4v) is 5.85. The van der Waals surface area contributed by atoms with Crippen molar-refractivity contribution in [2.75, 3.05) is 17.4 Å². The number of nitrogens with zero attached hydrogens (tertiary/aromatic N) is 2. The van der Waals surface area contributed by atoms with E-state index in [2.05, 4.69) is 21.2 Å². The minimum absolute atomic E-state index is 0.0517. The molecule has 2 amide bonds. The predicted octanol–water partition coefficient (Wildman–Crippen LogP) is 5.63. The molecule has 3 aromatic rings. The summed E-state index contributed by atoms with van der Waals surface area (Å²) in [5, 5.41) is 3.32. The minimum atomic E-state index is -4.10. The summed E-state index contributed by atoms with van der Waals surface area (Å²) >= 11 is 9.78. The van der Waals surface area contributed by atoms with Crippen LogP contribution in [0.15, 0.2) is 88.2 Å². The largest absolute Gasteiger partial charge is 0.354 e. The molecule has 0 fully saturated rings. The number of benzene rings is 3. The van der Waals surface area contributed by atoms with Crippen LogP contribution in [-0.2, 0) is 26.2 Å². The Hall–Kier alpha value is -2.88. The van der Waals surface area contributed by atoms with Crippen LogP contribution in [0.3, 0.4) is 0 Å². The van der Waals surface area contributed by atoms with Crippen molar-refractivity contribution < 1.29 is 18.0 Å². The van der Waals surface area contributed by atoms with E-state index in [9.17, 15) is 18.0 Å². The Balaban J connectivity index is 2.04. The van der Waals surface area contributed by atoms with Gasteiger partial charge in [0, 0.05) is 22.6 Å². The smallest absolute Gasteiger partial charge is 0.264 e. The predicted molar refractivity (Wildman–Crippen MR) is 154 cm³/mol. The molecule has 0 radical (unpaired) electrons. The molecule has 1 atom stereocenters. The number of carbonyl (C=O) groups excluding carboxylic acids is 2. The number of sulfonamides is 1. The molecule has 3 rings (SSSR count). The van der Waals surface area contributed by atoms with Crippen molar-refractivity contribution >= 4 is 55.1 Å². The van der Waals surface area contributed by atoms with Gasteiger partial charge in [-0.25, -0.2) is 8.42 Å². The molecule has 202 valence electrons. The van der Waals surface area contributed by atoms with E-state index in [-0.39, 0.29) is 17.3 Å². The summed E-state index contributed by atoms with van der Waals surface area (Å²) in [7, 11) is -4.10. The zero-order valence-electron chi connectivity index (χ0n) is 21.3. The van der Waals surface area contributed by atoms with E-state index in [0.717, 1.165) is 15.2 Å². The van der Waals surface area contributed by atoms with Crippen LogP contribution in [0.2, 0.25) is 5.02 Å². The van der Waals surface area contributed by atoms with Crippen molar-refractivity contribution in [2.45, 2.75) is 44.2 Å². The average Bonchev–Trinajstić information content (AvgIpc) is 2.92. The third-order valence-corrected chi connectivity index (χ3v) is 8.64. The van der Waals surface area contributed by atoms with E-state index in [1.54, 1.807) is 66.7 Å². The van der Waals surface area contributed by atoms with Crippen LogP contribution in [0.1, 0.15) is 32.3 Å². The molecular weight excluding hydrogens is 590 g/mol. The molecule has 10 heteroatoms. The Labute approximate surface area is 238 Å². The van der Waals surface area contributed by atoms with E-state index in [0.29, 0.717) is 29.2 Å². The van der Waals surface area contributed by atoms with Crippen LogP contribution in [0, 0.1) is 0 Å². The van der Waals surface area contributed by atoms with Crippen molar-refractivity contribution in [2.24, 2.45) is 0 Å². The highest BCUT2D eigenvalue weighted by Gasteiger charge is 2.33. The molecule has 3 aromatic carbocycles. The van der Waals surface area contributed by atoms with Gasteiger partial charge in [-0.3, -0.25) is 13.9 Å². The van der Waals surface area contributed by atoms with Crippen LogP contribution in [-0.4, -0.2) is 44.3 Å². The van der Waals surface area contributed by atoms with Gasteiger partial charge in [-0.2, -0.15) is 0 Å². The lowest BCUT2D eigenvalue weighted by atomic mass is 10.1. The molecule has 1 N–H and O–H groups in total. The van der Waals surface area contributed by atoms with Gasteiger partial charge in [-0.1, -0.05) is 77.8 Å². The first-order chi connectivity index (χ1) is 18.2. The summed E-state index contributed by atoms with van der Waals surface area (Å²) in [6.07, 6.45) is 1.09. The number of halogens is 2. The van der Waals surface area contributed by atoms with Gasteiger partial charge in [-0.15, -0.1) is 0 Å². The Morgan fingerprint density at radius 3 is 2.18 bits per heavy atom. The van der Waals surface area contributed by atoms with Crippen LogP contribution >= 0.6 is 27.5 Å². The van der Waals surface area contributed by atoms with Crippen LogP contribution in [0.5, 0.6) is 0 Å². The third-order valence-electron chi connectivity index (χ3n) is 5.96. The summed E-state index contributed by atoms with van der Waals surface area (Å²) in [5.74, 6) is -0.818. The van der Waals surface area contributed by atoms with Crippen molar-refractivity contribution in [1.29, 1.82) is 0 Å². The van der Waals surface area contributed by atoms with Crippen molar-refractivity contribution in [1.82, 2.24) is 10.2 Å². The summed E-state index contributed by atoms with van der Waals surface area (Å²) < 4.78 is 29.3. The highest BCUT2D eigenvalue weighted by Crippen LogP contribution is 2.27. The maximum Gasteiger partial charge on any atom is 0.264 e. The molecule has 0 heterocycles. The van der Waals surface area contributed by atoms with Crippen LogP contribution < -0.4 is 9.62 Å². The van der Waals surface area contributed by atoms with Gasteiger partial charge in [0.15, 0.2) is 0 Å². The first-order valence-electron chi connectivity index (χ1n) is 12.3. The summed E-state index contributed by atoms with van der Waals surface area (Å²) in [4.78, 5) is 28.5. The van der Waals surface area contributed by atoms with Gasteiger partial charge in [0.1, 0.15) is 12.6 Å². The van der Waals surface area contributed by atoms with Crippen LogP contribution in [0.25, 0.3) is 0 Å². The molecular formula is C28H31BrClN3O4S. The second kappa shape index (κ2) is 13.8. The number of nitrogens with one attached hydrogen (secondary N) is 1. The van der Waals surface area contributed by atoms with Gasteiger partial charge in [-0.05, 0) is 60.9 Å². The second-order valence-electron chi connectivity index (χ2n) is 8.63. The Morgan fingerprint density at radius 1 is 0.947 bits per heavy atom. The Morgan fingerprint density at radius 2 is 1.58 bits per heavy atom. The molecule has 0 aliphatic carbocycles. The van der Waals surface area contributed by atoms with E-state index in [1.165, 1.54) is 17.0 Å². The third kappa shape index (κ3) is 7.36. The van der Waals surface area contributed by atoms with Crippen molar-refractivity contribution in [3.63, 3.8) is 0 Å². The molecule has 0 saturated carbocycles. The normalized spacial score (nSPS) is 12.0. The zero-order valence-corrected chi connectivity index (χ0v) is 24.5. The number of anilines is 1. The average molecular weight is 621 g/mol. The molecule has 0 bridgehead atoms. The van der Waals surface area contributed by atoms with Crippen molar-refractivity contribution in [3.05, 3.63) is 93.9 Å².